The van der Waals surface area contributed by atoms with Crippen LogP contribution in [-0.2, 0) is 4.79 Å². The van der Waals surface area contributed by atoms with Crippen LogP contribution in [0, 0.1) is 19.7 Å². The second-order valence-corrected chi connectivity index (χ2v) is 5.90. The number of carbonyl (C=O) groups excluding carboxylic acids is 1. The summed E-state index contributed by atoms with van der Waals surface area (Å²) in [4.78, 5) is 15.8. The van der Waals surface area contributed by atoms with Crippen molar-refractivity contribution >= 4 is 11.6 Å². The molecule has 0 fully saturated rings. The van der Waals surface area contributed by atoms with Gasteiger partial charge in [-0.2, -0.15) is 5.10 Å². The summed E-state index contributed by atoms with van der Waals surface area (Å²) >= 11 is 0. The van der Waals surface area contributed by atoms with Gasteiger partial charge in [-0.1, -0.05) is 6.07 Å². The molecule has 0 atom stereocenters. The number of ether oxygens (including phenoxy) is 1. The number of benzene rings is 2. The molecule has 1 N–H and O–H groups in total. The Hall–Kier alpha value is -3.22. The van der Waals surface area contributed by atoms with Crippen LogP contribution >= 0.6 is 0 Å². The van der Waals surface area contributed by atoms with Crippen molar-refractivity contribution in [2.75, 3.05) is 11.9 Å². The minimum Gasteiger partial charge on any atom is -0.493 e. The zero-order chi connectivity index (χ0) is 18.5. The maximum absolute atomic E-state index is 14.1. The fraction of sp³-hybridized carbons (Fsp3) is 0.211. The van der Waals surface area contributed by atoms with Crippen LogP contribution in [0.3, 0.4) is 0 Å². The molecule has 1 aromatic heterocycles. The molecule has 1 heterocycles. The van der Waals surface area contributed by atoms with E-state index in [1.165, 1.54) is 35.0 Å². The minimum absolute atomic E-state index is 0.166. The standard InChI is InChI=1S/C19H19FN4O2/c1-13-3-5-16(9-14(13)2)26-8-7-19(25)23-15-4-6-18(17(20)10-15)24-12-21-11-22-24/h3-6,9-12H,7-8H2,1-2H3,(H,23,25). The zero-order valence-corrected chi connectivity index (χ0v) is 14.6. The van der Waals surface area contributed by atoms with Gasteiger partial charge in [0, 0.05) is 5.69 Å². The van der Waals surface area contributed by atoms with Gasteiger partial charge in [0.2, 0.25) is 5.91 Å². The first kappa shape index (κ1) is 17.6. The van der Waals surface area contributed by atoms with Gasteiger partial charge in [0.05, 0.1) is 13.0 Å². The van der Waals surface area contributed by atoms with E-state index in [9.17, 15) is 9.18 Å². The maximum Gasteiger partial charge on any atom is 0.227 e. The predicted octanol–water partition coefficient (Wildman–Crippen LogP) is 3.43. The average Bonchev–Trinajstić information content (AvgIpc) is 3.12. The smallest absolute Gasteiger partial charge is 0.227 e. The van der Waals surface area contributed by atoms with E-state index >= 15 is 0 Å². The molecular weight excluding hydrogens is 335 g/mol. The highest BCUT2D eigenvalue weighted by molar-refractivity contribution is 5.90. The minimum atomic E-state index is -0.500. The Bertz CT molecular complexity index is 910. The van der Waals surface area contributed by atoms with Crippen LogP contribution in [0.15, 0.2) is 49.1 Å². The molecule has 6 nitrogen and oxygen atoms in total. The Balaban J connectivity index is 1.53. The van der Waals surface area contributed by atoms with E-state index in [0.29, 0.717) is 5.69 Å². The third kappa shape index (κ3) is 4.24. The molecule has 3 rings (SSSR count). The number of aryl methyl sites for hydroxylation is 2. The van der Waals surface area contributed by atoms with E-state index in [0.717, 1.165) is 11.3 Å². The number of halogens is 1. The number of nitrogens with zero attached hydrogens (tertiary/aromatic N) is 3. The molecule has 0 aliphatic heterocycles. The number of aromatic nitrogens is 3. The highest BCUT2D eigenvalue weighted by Crippen LogP contribution is 2.18. The van der Waals surface area contributed by atoms with E-state index in [1.807, 2.05) is 32.0 Å². The van der Waals surface area contributed by atoms with E-state index in [-0.39, 0.29) is 24.6 Å². The van der Waals surface area contributed by atoms with Gasteiger partial charge in [0.25, 0.3) is 0 Å². The van der Waals surface area contributed by atoms with Crippen molar-refractivity contribution in [2.24, 2.45) is 0 Å². The Morgan fingerprint density at radius 2 is 2.04 bits per heavy atom. The number of carbonyl (C=O) groups is 1. The molecule has 0 aliphatic rings. The van der Waals surface area contributed by atoms with Crippen molar-refractivity contribution < 1.29 is 13.9 Å². The van der Waals surface area contributed by atoms with Crippen LogP contribution in [0.1, 0.15) is 17.5 Å². The fourth-order valence-corrected chi connectivity index (χ4v) is 2.39. The Labute approximate surface area is 150 Å². The quantitative estimate of drug-likeness (QED) is 0.736. The fourth-order valence-electron chi connectivity index (χ4n) is 2.39. The molecule has 7 heteroatoms. The summed E-state index contributed by atoms with van der Waals surface area (Å²) in [5.41, 5.74) is 2.96. The molecule has 0 saturated heterocycles. The van der Waals surface area contributed by atoms with Crippen LogP contribution in [0.25, 0.3) is 5.69 Å². The summed E-state index contributed by atoms with van der Waals surface area (Å²) in [5, 5.41) is 6.54. The lowest BCUT2D eigenvalue weighted by Gasteiger charge is -2.10. The predicted molar refractivity (Wildman–Crippen MR) is 96.0 cm³/mol. The summed E-state index contributed by atoms with van der Waals surface area (Å²) in [6.07, 6.45) is 2.89. The van der Waals surface area contributed by atoms with Crippen LogP contribution in [-0.4, -0.2) is 27.3 Å². The molecule has 134 valence electrons. The van der Waals surface area contributed by atoms with Gasteiger partial charge in [-0.25, -0.2) is 14.1 Å². The third-order valence-electron chi connectivity index (χ3n) is 3.97. The van der Waals surface area contributed by atoms with Gasteiger partial charge in [0.1, 0.15) is 24.1 Å². The van der Waals surface area contributed by atoms with Gasteiger partial charge < -0.3 is 10.1 Å². The van der Waals surface area contributed by atoms with Crippen molar-refractivity contribution in [1.29, 1.82) is 0 Å². The lowest BCUT2D eigenvalue weighted by atomic mass is 10.1. The van der Waals surface area contributed by atoms with Crippen LogP contribution in [0.4, 0.5) is 10.1 Å². The first-order valence-corrected chi connectivity index (χ1v) is 8.17. The van der Waals surface area contributed by atoms with E-state index in [1.54, 1.807) is 6.07 Å². The van der Waals surface area contributed by atoms with Gasteiger partial charge in [-0.3, -0.25) is 4.79 Å². The normalized spacial score (nSPS) is 10.6. The van der Waals surface area contributed by atoms with Crippen molar-refractivity contribution in [2.45, 2.75) is 20.3 Å². The monoisotopic (exact) mass is 354 g/mol. The average molecular weight is 354 g/mol. The molecule has 0 radical (unpaired) electrons. The number of nitrogens with one attached hydrogen (secondary N) is 1. The molecule has 0 aliphatic carbocycles. The topological polar surface area (TPSA) is 69.0 Å². The van der Waals surface area contributed by atoms with Gasteiger partial charge >= 0.3 is 0 Å². The molecule has 26 heavy (non-hydrogen) atoms. The van der Waals surface area contributed by atoms with E-state index in [4.69, 9.17) is 4.74 Å². The van der Waals surface area contributed by atoms with Gasteiger partial charge in [-0.05, 0) is 55.3 Å². The van der Waals surface area contributed by atoms with Crippen molar-refractivity contribution in [1.82, 2.24) is 14.8 Å². The molecule has 0 spiro atoms. The summed E-state index contributed by atoms with van der Waals surface area (Å²) in [6, 6.07) is 10.2. The van der Waals surface area contributed by atoms with Crippen LogP contribution in [0.5, 0.6) is 5.75 Å². The molecule has 1 amide bonds. The van der Waals surface area contributed by atoms with Crippen molar-refractivity contribution in [3.63, 3.8) is 0 Å². The Kier molecular flexibility index (Phi) is 5.26. The SMILES string of the molecule is Cc1ccc(OCCC(=O)Nc2ccc(-n3cncn3)c(F)c2)cc1C. The first-order chi connectivity index (χ1) is 12.5. The lowest BCUT2D eigenvalue weighted by molar-refractivity contribution is -0.116. The van der Waals surface area contributed by atoms with Gasteiger partial charge in [0.15, 0.2) is 5.82 Å². The van der Waals surface area contributed by atoms with Crippen LogP contribution in [0.2, 0.25) is 0 Å². The molecule has 0 unspecified atom stereocenters. The second kappa shape index (κ2) is 7.77. The highest BCUT2D eigenvalue weighted by Gasteiger charge is 2.09. The van der Waals surface area contributed by atoms with Crippen LogP contribution < -0.4 is 10.1 Å². The Morgan fingerprint density at radius 3 is 2.73 bits per heavy atom. The zero-order valence-electron chi connectivity index (χ0n) is 14.6. The van der Waals surface area contributed by atoms with E-state index < -0.39 is 5.82 Å². The number of amides is 1. The number of hydrogen-bond donors (Lipinski definition) is 1. The lowest BCUT2D eigenvalue weighted by Crippen LogP contribution is -2.15. The summed E-state index contributed by atoms with van der Waals surface area (Å²) in [7, 11) is 0. The first-order valence-electron chi connectivity index (χ1n) is 8.17. The number of anilines is 1. The molecule has 0 saturated carbocycles. The molecule has 2 aromatic carbocycles. The van der Waals surface area contributed by atoms with Crippen molar-refractivity contribution in [3.05, 3.63) is 66.0 Å². The van der Waals surface area contributed by atoms with Gasteiger partial charge in [-0.15, -0.1) is 0 Å². The highest BCUT2D eigenvalue weighted by atomic mass is 19.1. The Morgan fingerprint density at radius 1 is 1.19 bits per heavy atom. The molecular formula is C19H19FN4O2. The molecule has 3 aromatic rings. The third-order valence-corrected chi connectivity index (χ3v) is 3.97. The number of rotatable bonds is 6. The van der Waals surface area contributed by atoms with E-state index in [2.05, 4.69) is 15.4 Å². The second-order valence-electron chi connectivity index (χ2n) is 5.90. The van der Waals surface area contributed by atoms with Crippen molar-refractivity contribution in [3.8, 4) is 11.4 Å². The number of hydrogen-bond acceptors (Lipinski definition) is 4. The summed E-state index contributed by atoms with van der Waals surface area (Å²) in [5.74, 6) is -0.0226. The summed E-state index contributed by atoms with van der Waals surface area (Å²) < 4.78 is 21.0. The largest absolute Gasteiger partial charge is 0.493 e. The maximum atomic E-state index is 14.1. The summed E-state index contributed by atoms with van der Waals surface area (Å²) in [6.45, 7) is 4.28. The molecule has 0 bridgehead atoms.